The van der Waals surface area contributed by atoms with E-state index in [4.69, 9.17) is 4.74 Å². The van der Waals surface area contributed by atoms with Crippen molar-refractivity contribution >= 4 is 23.4 Å². The summed E-state index contributed by atoms with van der Waals surface area (Å²) < 4.78 is 7.26. The predicted molar refractivity (Wildman–Crippen MR) is 127 cm³/mol. The van der Waals surface area contributed by atoms with Crippen LogP contribution in [0, 0.1) is 0 Å². The second-order valence-electron chi connectivity index (χ2n) is 8.36. The zero-order valence-electron chi connectivity index (χ0n) is 19.0. The lowest BCUT2D eigenvalue weighted by atomic mass is 9.87. The third kappa shape index (κ3) is 5.47. The van der Waals surface area contributed by atoms with Crippen LogP contribution >= 0.6 is 11.8 Å². The van der Waals surface area contributed by atoms with E-state index in [1.807, 2.05) is 29.7 Å². The van der Waals surface area contributed by atoms with Crippen LogP contribution in [0.3, 0.4) is 0 Å². The summed E-state index contributed by atoms with van der Waals surface area (Å²) in [6, 6.07) is 15.8. The largest absolute Gasteiger partial charge is 0.497 e. The minimum atomic E-state index is -0.336. The molecule has 0 spiro atoms. The van der Waals surface area contributed by atoms with Crippen LogP contribution in [0.25, 0.3) is 11.4 Å². The molecular weight excluding hydrogens is 408 g/mol. The summed E-state index contributed by atoms with van der Waals surface area (Å²) in [6.07, 6.45) is 0. The lowest BCUT2D eigenvalue weighted by molar-refractivity contribution is -0.115. The summed E-state index contributed by atoms with van der Waals surface area (Å²) in [5.74, 6) is 1.41. The average molecular weight is 439 g/mol. The van der Waals surface area contributed by atoms with Crippen LogP contribution in [0.2, 0.25) is 0 Å². The number of anilines is 1. The van der Waals surface area contributed by atoms with Gasteiger partial charge in [-0.25, -0.2) is 0 Å². The minimum absolute atomic E-state index is 0.0972. The Labute approximate surface area is 188 Å². The van der Waals surface area contributed by atoms with Crippen molar-refractivity contribution in [2.24, 2.45) is 0 Å². The maximum atomic E-state index is 12.7. The number of amides is 1. The predicted octanol–water partition coefficient (Wildman–Crippen LogP) is 5.39. The van der Waals surface area contributed by atoms with Crippen molar-refractivity contribution < 1.29 is 9.53 Å². The second-order valence-corrected chi connectivity index (χ2v) is 9.67. The van der Waals surface area contributed by atoms with Crippen molar-refractivity contribution in [1.82, 2.24) is 14.8 Å². The molecule has 1 N–H and O–H groups in total. The zero-order chi connectivity index (χ0) is 22.6. The smallest absolute Gasteiger partial charge is 0.237 e. The summed E-state index contributed by atoms with van der Waals surface area (Å²) in [4.78, 5) is 12.7. The molecule has 3 rings (SSSR count). The molecule has 1 unspecified atom stereocenters. The molecule has 1 amide bonds. The van der Waals surface area contributed by atoms with Crippen LogP contribution in [0.1, 0.15) is 40.2 Å². The van der Waals surface area contributed by atoms with Gasteiger partial charge in [0.25, 0.3) is 0 Å². The van der Waals surface area contributed by atoms with E-state index in [9.17, 15) is 4.79 Å². The van der Waals surface area contributed by atoms with Gasteiger partial charge < -0.3 is 14.6 Å². The van der Waals surface area contributed by atoms with Gasteiger partial charge in [0.15, 0.2) is 11.0 Å². The Hall–Kier alpha value is -2.80. The lowest BCUT2D eigenvalue weighted by Crippen LogP contribution is -2.23. The fourth-order valence-corrected chi connectivity index (χ4v) is 4.06. The van der Waals surface area contributed by atoms with Gasteiger partial charge in [-0.3, -0.25) is 4.79 Å². The van der Waals surface area contributed by atoms with Crippen molar-refractivity contribution in [1.29, 1.82) is 0 Å². The third-order valence-electron chi connectivity index (χ3n) is 5.03. The van der Waals surface area contributed by atoms with E-state index < -0.39 is 0 Å². The number of nitrogens with zero attached hydrogens (tertiary/aromatic N) is 3. The van der Waals surface area contributed by atoms with Gasteiger partial charge in [0.1, 0.15) is 5.75 Å². The Morgan fingerprint density at radius 1 is 1.16 bits per heavy atom. The Morgan fingerprint density at radius 2 is 1.87 bits per heavy atom. The van der Waals surface area contributed by atoms with Gasteiger partial charge in [0, 0.05) is 23.9 Å². The molecular formula is C24H30N4O2S. The molecule has 1 heterocycles. The van der Waals surface area contributed by atoms with Gasteiger partial charge in [0.2, 0.25) is 5.91 Å². The summed E-state index contributed by atoms with van der Waals surface area (Å²) in [7, 11) is 1.60. The number of carbonyl (C=O) groups excluding carboxylic acids is 1. The average Bonchev–Trinajstić information content (AvgIpc) is 3.15. The highest BCUT2D eigenvalue weighted by Gasteiger charge is 2.21. The normalized spacial score (nSPS) is 12.5. The standard InChI is InChI=1S/C24H30N4O2S/c1-7-28-21(17-11-13-18(14-12-17)24(3,4)5)26-27-23(28)31-16(2)22(29)25-19-9-8-10-20(15-19)30-6/h8-16H,7H2,1-6H3,(H,25,29). The maximum Gasteiger partial charge on any atom is 0.237 e. The van der Waals surface area contributed by atoms with Crippen LogP contribution in [-0.2, 0) is 16.8 Å². The molecule has 0 fully saturated rings. The van der Waals surface area contributed by atoms with Gasteiger partial charge >= 0.3 is 0 Å². The number of thioether (sulfide) groups is 1. The van der Waals surface area contributed by atoms with E-state index in [0.717, 1.165) is 23.1 Å². The third-order valence-corrected chi connectivity index (χ3v) is 6.11. The fraction of sp³-hybridized carbons (Fsp3) is 0.375. The monoisotopic (exact) mass is 438 g/mol. The van der Waals surface area contributed by atoms with Gasteiger partial charge in [0.05, 0.1) is 12.4 Å². The Morgan fingerprint density at radius 3 is 2.48 bits per heavy atom. The Balaban J connectivity index is 1.74. The fourth-order valence-electron chi connectivity index (χ4n) is 3.15. The molecule has 31 heavy (non-hydrogen) atoms. The number of ether oxygens (including phenoxy) is 1. The zero-order valence-corrected chi connectivity index (χ0v) is 19.8. The molecule has 0 bridgehead atoms. The van der Waals surface area contributed by atoms with Crippen LogP contribution in [-0.4, -0.2) is 33.0 Å². The second kappa shape index (κ2) is 9.56. The number of carbonyl (C=O) groups is 1. The molecule has 0 radical (unpaired) electrons. The van der Waals surface area contributed by atoms with Crippen LogP contribution < -0.4 is 10.1 Å². The first-order valence-corrected chi connectivity index (χ1v) is 11.3. The minimum Gasteiger partial charge on any atom is -0.497 e. The van der Waals surface area contributed by atoms with Gasteiger partial charge in [-0.1, -0.05) is 62.9 Å². The van der Waals surface area contributed by atoms with E-state index in [1.54, 1.807) is 13.2 Å². The molecule has 0 saturated heterocycles. The van der Waals surface area contributed by atoms with Crippen molar-refractivity contribution in [3.63, 3.8) is 0 Å². The molecule has 1 aromatic heterocycles. The Kier molecular flexibility index (Phi) is 7.05. The molecule has 0 saturated carbocycles. The first-order chi connectivity index (χ1) is 14.7. The van der Waals surface area contributed by atoms with Crippen molar-refractivity contribution in [3.8, 4) is 17.1 Å². The first-order valence-electron chi connectivity index (χ1n) is 10.4. The number of methoxy groups -OCH3 is 1. The lowest BCUT2D eigenvalue weighted by Gasteiger charge is -2.19. The van der Waals surface area contributed by atoms with Crippen molar-refractivity contribution in [3.05, 3.63) is 54.1 Å². The molecule has 0 aliphatic heterocycles. The van der Waals surface area contributed by atoms with Crippen LogP contribution in [0.15, 0.2) is 53.7 Å². The van der Waals surface area contributed by atoms with Crippen LogP contribution in [0.4, 0.5) is 5.69 Å². The number of nitrogens with one attached hydrogen (secondary N) is 1. The molecule has 7 heteroatoms. The highest BCUT2D eigenvalue weighted by atomic mass is 32.2. The number of rotatable bonds is 7. The summed E-state index contributed by atoms with van der Waals surface area (Å²) in [5, 5.41) is 12.1. The highest BCUT2D eigenvalue weighted by molar-refractivity contribution is 8.00. The number of aromatic nitrogens is 3. The molecule has 6 nitrogen and oxygen atoms in total. The highest BCUT2D eigenvalue weighted by Crippen LogP contribution is 2.29. The summed E-state index contributed by atoms with van der Waals surface area (Å²) in [6.45, 7) is 11.2. The Bertz CT molecular complexity index is 1040. The molecule has 0 aliphatic carbocycles. The topological polar surface area (TPSA) is 69.0 Å². The van der Waals surface area contributed by atoms with Gasteiger partial charge in [-0.05, 0) is 37.0 Å². The molecule has 3 aromatic rings. The molecule has 0 aliphatic rings. The van der Waals surface area contributed by atoms with Gasteiger partial charge in [-0.2, -0.15) is 0 Å². The van der Waals surface area contributed by atoms with E-state index in [0.29, 0.717) is 11.4 Å². The number of benzene rings is 2. The summed E-state index contributed by atoms with van der Waals surface area (Å²) in [5.41, 5.74) is 3.09. The molecule has 2 aromatic carbocycles. The number of hydrogen-bond donors (Lipinski definition) is 1. The molecule has 164 valence electrons. The summed E-state index contributed by atoms with van der Waals surface area (Å²) >= 11 is 1.40. The first kappa shape index (κ1) is 22.9. The molecule has 1 atom stereocenters. The number of hydrogen-bond acceptors (Lipinski definition) is 5. The van der Waals surface area contributed by atoms with E-state index in [1.165, 1.54) is 17.3 Å². The van der Waals surface area contributed by atoms with Gasteiger partial charge in [-0.15, -0.1) is 10.2 Å². The maximum absolute atomic E-state index is 12.7. The van der Waals surface area contributed by atoms with Crippen molar-refractivity contribution in [2.45, 2.75) is 57.0 Å². The van der Waals surface area contributed by atoms with E-state index in [2.05, 4.69) is 67.5 Å². The van der Waals surface area contributed by atoms with E-state index in [-0.39, 0.29) is 16.6 Å². The van der Waals surface area contributed by atoms with Crippen molar-refractivity contribution in [2.75, 3.05) is 12.4 Å². The quantitative estimate of drug-likeness (QED) is 0.501. The van der Waals surface area contributed by atoms with E-state index >= 15 is 0 Å². The SMILES string of the molecule is CCn1c(SC(C)C(=O)Nc2cccc(OC)c2)nnc1-c1ccc(C(C)(C)C)cc1. The van der Waals surface area contributed by atoms with Crippen LogP contribution in [0.5, 0.6) is 5.75 Å².